The molecule has 2 aromatic carbocycles. The number of non-ortho nitro benzene ring substituents is 1. The first-order chi connectivity index (χ1) is 10.1. The zero-order chi connectivity index (χ0) is 15.2. The molecule has 0 amide bonds. The lowest BCUT2D eigenvalue weighted by atomic mass is 10.3. The average Bonchev–Trinajstić information content (AvgIpc) is 2.46. The van der Waals surface area contributed by atoms with Gasteiger partial charge < -0.3 is 5.32 Å². The van der Waals surface area contributed by atoms with E-state index in [-0.39, 0.29) is 15.7 Å². The van der Waals surface area contributed by atoms with Crippen molar-refractivity contribution in [2.45, 2.75) is 4.90 Å². The van der Waals surface area contributed by atoms with E-state index in [1.165, 1.54) is 17.0 Å². The molecule has 0 atom stereocenters. The number of nitrogens with one attached hydrogen (secondary N) is 1. The summed E-state index contributed by atoms with van der Waals surface area (Å²) in [4.78, 5) is 11.4. The highest BCUT2D eigenvalue weighted by atomic mass is 35.5. The predicted molar refractivity (Wildman–Crippen MR) is 88.8 cm³/mol. The maximum absolute atomic E-state index is 10.7. The van der Waals surface area contributed by atoms with E-state index in [9.17, 15) is 10.1 Å². The number of anilines is 1. The molecule has 2 aromatic rings. The summed E-state index contributed by atoms with van der Waals surface area (Å²) in [6.07, 6.45) is 0. The summed E-state index contributed by atoms with van der Waals surface area (Å²) >= 11 is 13.7. The number of hydrogen-bond donors (Lipinski definition) is 1. The van der Waals surface area contributed by atoms with Crippen LogP contribution in [0.1, 0.15) is 0 Å². The molecule has 4 nitrogen and oxygen atoms in total. The Morgan fingerprint density at radius 1 is 1.14 bits per heavy atom. The van der Waals surface area contributed by atoms with E-state index in [4.69, 9.17) is 23.2 Å². The topological polar surface area (TPSA) is 55.2 Å². The smallest absolute Gasteiger partial charge is 0.272 e. The molecule has 21 heavy (non-hydrogen) atoms. The molecular formula is C14H12Cl2N2O2S. The Morgan fingerprint density at radius 3 is 2.33 bits per heavy atom. The number of thioether (sulfide) groups is 1. The number of benzene rings is 2. The molecule has 1 N–H and O–H groups in total. The van der Waals surface area contributed by atoms with Crippen molar-refractivity contribution in [3.05, 3.63) is 62.6 Å². The van der Waals surface area contributed by atoms with Gasteiger partial charge in [-0.1, -0.05) is 41.4 Å². The molecule has 2 rings (SSSR count). The molecule has 0 radical (unpaired) electrons. The van der Waals surface area contributed by atoms with Gasteiger partial charge in [0.15, 0.2) is 0 Å². The second-order valence-corrected chi connectivity index (χ2v) is 6.11. The van der Waals surface area contributed by atoms with Crippen LogP contribution in [-0.4, -0.2) is 17.2 Å². The number of rotatable bonds is 6. The molecule has 0 spiro atoms. The molecule has 0 fully saturated rings. The second-order valence-electron chi connectivity index (χ2n) is 4.13. The Hall–Kier alpha value is -1.43. The zero-order valence-electron chi connectivity index (χ0n) is 10.9. The molecule has 0 heterocycles. The van der Waals surface area contributed by atoms with Gasteiger partial charge in [0.2, 0.25) is 0 Å². The van der Waals surface area contributed by atoms with E-state index in [0.717, 1.165) is 5.75 Å². The van der Waals surface area contributed by atoms with Gasteiger partial charge in [-0.05, 0) is 12.1 Å². The lowest BCUT2D eigenvalue weighted by Gasteiger charge is -2.10. The molecule has 110 valence electrons. The van der Waals surface area contributed by atoms with Crippen LogP contribution in [0.25, 0.3) is 0 Å². The first-order valence-electron chi connectivity index (χ1n) is 6.13. The largest absolute Gasteiger partial charge is 0.382 e. The van der Waals surface area contributed by atoms with Crippen molar-refractivity contribution >= 4 is 46.3 Å². The standard InChI is InChI=1S/C14H12Cl2N2O2S/c15-12-8-10(18(19)20)9-13(16)14(12)17-6-7-21-11-4-2-1-3-5-11/h1-5,8-9,17H,6-7H2. The summed E-state index contributed by atoms with van der Waals surface area (Å²) in [7, 11) is 0. The molecule has 0 saturated carbocycles. The van der Waals surface area contributed by atoms with Crippen LogP contribution >= 0.6 is 35.0 Å². The van der Waals surface area contributed by atoms with Gasteiger partial charge >= 0.3 is 0 Å². The molecule has 7 heteroatoms. The van der Waals surface area contributed by atoms with Gasteiger partial charge in [-0.2, -0.15) is 0 Å². The van der Waals surface area contributed by atoms with Crippen molar-refractivity contribution in [2.75, 3.05) is 17.6 Å². The summed E-state index contributed by atoms with van der Waals surface area (Å²) in [5.74, 6) is 0.827. The minimum Gasteiger partial charge on any atom is -0.382 e. The number of nitrogens with zero attached hydrogens (tertiary/aromatic N) is 1. The number of halogens is 2. The van der Waals surface area contributed by atoms with Crippen molar-refractivity contribution in [3.8, 4) is 0 Å². The maximum Gasteiger partial charge on any atom is 0.272 e. The fourth-order valence-electron chi connectivity index (χ4n) is 1.70. The highest BCUT2D eigenvalue weighted by molar-refractivity contribution is 7.99. The van der Waals surface area contributed by atoms with Crippen molar-refractivity contribution < 1.29 is 4.92 Å². The van der Waals surface area contributed by atoms with Crippen LogP contribution in [0.3, 0.4) is 0 Å². The SMILES string of the molecule is O=[N+]([O-])c1cc(Cl)c(NCCSc2ccccc2)c(Cl)c1. The molecule has 0 aliphatic heterocycles. The Labute approximate surface area is 136 Å². The van der Waals surface area contributed by atoms with E-state index in [2.05, 4.69) is 5.32 Å². The Kier molecular flexibility index (Phi) is 5.73. The van der Waals surface area contributed by atoms with Gasteiger partial charge in [0.25, 0.3) is 5.69 Å². The summed E-state index contributed by atoms with van der Waals surface area (Å²) in [6.45, 7) is 0.650. The summed E-state index contributed by atoms with van der Waals surface area (Å²) in [5, 5.41) is 14.3. The lowest BCUT2D eigenvalue weighted by molar-refractivity contribution is -0.384. The number of hydrogen-bond acceptors (Lipinski definition) is 4. The van der Waals surface area contributed by atoms with Crippen molar-refractivity contribution in [3.63, 3.8) is 0 Å². The molecule has 0 saturated heterocycles. The van der Waals surface area contributed by atoms with Crippen LogP contribution in [0.5, 0.6) is 0 Å². The first kappa shape index (κ1) is 15.9. The minimum absolute atomic E-state index is 0.116. The molecular weight excluding hydrogens is 331 g/mol. The first-order valence-corrected chi connectivity index (χ1v) is 7.87. The predicted octanol–water partition coefficient (Wildman–Crippen LogP) is 5.11. The number of nitro benzene ring substituents is 1. The molecule has 0 aliphatic rings. The van der Waals surface area contributed by atoms with E-state index in [0.29, 0.717) is 12.2 Å². The van der Waals surface area contributed by atoms with Crippen LogP contribution < -0.4 is 5.32 Å². The van der Waals surface area contributed by atoms with E-state index in [1.807, 2.05) is 30.3 Å². The Morgan fingerprint density at radius 2 is 1.76 bits per heavy atom. The van der Waals surface area contributed by atoms with Crippen LogP contribution in [-0.2, 0) is 0 Å². The van der Waals surface area contributed by atoms with Gasteiger partial charge in [-0.15, -0.1) is 11.8 Å². The van der Waals surface area contributed by atoms with Crippen LogP contribution in [0, 0.1) is 10.1 Å². The highest BCUT2D eigenvalue weighted by Gasteiger charge is 2.14. The van der Waals surface area contributed by atoms with Crippen LogP contribution in [0.4, 0.5) is 11.4 Å². The molecule has 0 bridgehead atoms. The van der Waals surface area contributed by atoms with E-state index >= 15 is 0 Å². The average molecular weight is 343 g/mol. The van der Waals surface area contributed by atoms with Gasteiger partial charge in [0, 0.05) is 29.3 Å². The third-order valence-electron chi connectivity index (χ3n) is 2.65. The Balaban J connectivity index is 1.93. The lowest BCUT2D eigenvalue weighted by Crippen LogP contribution is -2.05. The van der Waals surface area contributed by atoms with Crippen LogP contribution in [0.15, 0.2) is 47.4 Å². The maximum atomic E-state index is 10.7. The fourth-order valence-corrected chi connectivity index (χ4v) is 3.09. The van der Waals surface area contributed by atoms with Gasteiger partial charge in [-0.25, -0.2) is 0 Å². The third-order valence-corrected chi connectivity index (χ3v) is 4.26. The molecule has 0 unspecified atom stereocenters. The zero-order valence-corrected chi connectivity index (χ0v) is 13.2. The Bertz CT molecular complexity index is 615. The van der Waals surface area contributed by atoms with Gasteiger partial charge in [0.05, 0.1) is 20.7 Å². The third kappa shape index (κ3) is 4.52. The fraction of sp³-hybridized carbons (Fsp3) is 0.143. The molecule has 0 aromatic heterocycles. The normalized spacial score (nSPS) is 10.4. The second kappa shape index (κ2) is 7.54. The minimum atomic E-state index is -0.521. The monoisotopic (exact) mass is 342 g/mol. The van der Waals surface area contributed by atoms with Crippen LogP contribution in [0.2, 0.25) is 10.0 Å². The van der Waals surface area contributed by atoms with Gasteiger partial charge in [-0.3, -0.25) is 10.1 Å². The molecule has 0 aliphatic carbocycles. The van der Waals surface area contributed by atoms with Crippen molar-refractivity contribution in [2.24, 2.45) is 0 Å². The summed E-state index contributed by atoms with van der Waals surface area (Å²) in [5.41, 5.74) is 0.409. The summed E-state index contributed by atoms with van der Waals surface area (Å²) in [6, 6.07) is 12.6. The van der Waals surface area contributed by atoms with E-state index in [1.54, 1.807) is 11.8 Å². The number of nitro groups is 1. The summed E-state index contributed by atoms with van der Waals surface area (Å²) < 4.78 is 0. The quantitative estimate of drug-likeness (QED) is 0.343. The van der Waals surface area contributed by atoms with Crippen molar-refractivity contribution in [1.29, 1.82) is 0 Å². The van der Waals surface area contributed by atoms with Crippen molar-refractivity contribution in [1.82, 2.24) is 0 Å². The van der Waals surface area contributed by atoms with E-state index < -0.39 is 4.92 Å². The highest BCUT2D eigenvalue weighted by Crippen LogP contribution is 2.34. The van der Waals surface area contributed by atoms with Gasteiger partial charge in [0.1, 0.15) is 0 Å².